The number of hydrogen-bond donors (Lipinski definition) is 1. The number of nitrogens with one attached hydrogen (secondary N) is 1. The van der Waals surface area contributed by atoms with Crippen LogP contribution in [0.5, 0.6) is 0 Å². The molecule has 1 N–H and O–H groups in total. The molecular formula is C20H30N4S. The lowest BCUT2D eigenvalue weighted by molar-refractivity contribution is 0.221. The van der Waals surface area contributed by atoms with Crippen LogP contribution in [0.15, 0.2) is 6.33 Å². The fraction of sp³-hybridized carbons (Fsp3) is 0.700. The molecule has 0 radical (unpaired) electrons. The minimum absolute atomic E-state index is 0.553. The monoisotopic (exact) mass is 358 g/mol. The molecule has 4 rings (SSSR count). The molecule has 1 saturated carbocycles. The molecule has 2 heterocycles. The van der Waals surface area contributed by atoms with E-state index in [-0.39, 0.29) is 0 Å². The lowest BCUT2D eigenvalue weighted by Gasteiger charge is -2.33. The van der Waals surface area contributed by atoms with Gasteiger partial charge in [0.2, 0.25) is 0 Å². The third-order valence-corrected chi connectivity index (χ3v) is 7.45. The number of aryl methyl sites for hydroxylation is 1. The van der Waals surface area contributed by atoms with Crippen LogP contribution in [0, 0.1) is 5.92 Å². The molecular weight excluding hydrogens is 328 g/mol. The van der Waals surface area contributed by atoms with E-state index < -0.39 is 0 Å². The molecule has 1 fully saturated rings. The van der Waals surface area contributed by atoms with Crippen LogP contribution >= 0.6 is 11.3 Å². The second-order valence-electron chi connectivity index (χ2n) is 8.04. The molecule has 5 heteroatoms. The highest BCUT2D eigenvalue weighted by atomic mass is 32.1. The summed E-state index contributed by atoms with van der Waals surface area (Å²) in [6, 6.07) is 1.29. The Labute approximate surface area is 155 Å². The van der Waals surface area contributed by atoms with Crippen LogP contribution in [0.2, 0.25) is 0 Å². The Morgan fingerprint density at radius 2 is 1.96 bits per heavy atom. The van der Waals surface area contributed by atoms with Crippen molar-refractivity contribution in [1.82, 2.24) is 14.9 Å². The minimum Gasteiger partial charge on any atom is -0.367 e. The molecule has 2 aliphatic rings. The largest absolute Gasteiger partial charge is 0.367 e. The zero-order chi connectivity index (χ0) is 17.4. The normalized spacial score (nSPS) is 26.8. The Balaban J connectivity index is 1.56. The van der Waals surface area contributed by atoms with Crippen LogP contribution in [0.25, 0.3) is 10.2 Å². The highest BCUT2D eigenvalue weighted by Gasteiger charge is 2.26. The minimum atomic E-state index is 0.553. The Hall–Kier alpha value is -1.20. The topological polar surface area (TPSA) is 41.1 Å². The van der Waals surface area contributed by atoms with E-state index in [0.29, 0.717) is 6.04 Å². The molecule has 1 unspecified atom stereocenters. The first-order valence-electron chi connectivity index (χ1n) is 9.84. The van der Waals surface area contributed by atoms with E-state index in [9.17, 15) is 0 Å². The maximum Gasteiger partial charge on any atom is 0.138 e. The summed E-state index contributed by atoms with van der Waals surface area (Å²) in [5.74, 6) is 1.94. The smallest absolute Gasteiger partial charge is 0.138 e. The zero-order valence-electron chi connectivity index (χ0n) is 15.7. The molecule has 2 aromatic heterocycles. The van der Waals surface area contributed by atoms with Gasteiger partial charge in [0.25, 0.3) is 0 Å². The number of aromatic nitrogens is 2. The summed E-state index contributed by atoms with van der Waals surface area (Å²) in [5.41, 5.74) is 1.54. The van der Waals surface area contributed by atoms with Gasteiger partial charge in [-0.3, -0.25) is 0 Å². The fourth-order valence-electron chi connectivity index (χ4n) is 4.57. The van der Waals surface area contributed by atoms with Crippen LogP contribution in [-0.2, 0) is 12.8 Å². The first-order chi connectivity index (χ1) is 12.2. The van der Waals surface area contributed by atoms with Crippen LogP contribution in [-0.4, -0.2) is 41.0 Å². The average molecular weight is 359 g/mol. The van der Waals surface area contributed by atoms with Crippen molar-refractivity contribution < 1.29 is 0 Å². The predicted molar refractivity (Wildman–Crippen MR) is 107 cm³/mol. The zero-order valence-corrected chi connectivity index (χ0v) is 16.5. The molecule has 25 heavy (non-hydrogen) atoms. The van der Waals surface area contributed by atoms with Crippen molar-refractivity contribution in [2.45, 2.75) is 70.4 Å². The molecule has 4 nitrogen and oxygen atoms in total. The molecule has 0 spiro atoms. The van der Waals surface area contributed by atoms with Crippen molar-refractivity contribution in [3.63, 3.8) is 0 Å². The number of anilines is 1. The average Bonchev–Trinajstić information content (AvgIpc) is 3.00. The summed E-state index contributed by atoms with van der Waals surface area (Å²) >= 11 is 1.90. The lowest BCUT2D eigenvalue weighted by atomic mass is 9.86. The SMILES string of the molecule is CCC1CCc2c(sc3ncnc(N[C@H]4CC[C@H](N(C)C)CC4)c23)C1. The van der Waals surface area contributed by atoms with Gasteiger partial charge in [0, 0.05) is 17.0 Å². The molecule has 0 saturated heterocycles. The van der Waals surface area contributed by atoms with Gasteiger partial charge in [0.1, 0.15) is 17.0 Å². The summed E-state index contributed by atoms with van der Waals surface area (Å²) in [4.78, 5) is 14.4. The van der Waals surface area contributed by atoms with E-state index >= 15 is 0 Å². The van der Waals surface area contributed by atoms with Gasteiger partial charge in [-0.15, -0.1) is 11.3 Å². The molecule has 0 aliphatic heterocycles. The standard InChI is InChI=1S/C20H30N4S/c1-4-13-5-10-16-17(11-13)25-20-18(16)19(21-12-22-20)23-14-6-8-15(9-7-14)24(2)3/h12-15H,4-11H2,1-3H3,(H,21,22,23)/t13?,14-,15-. The third kappa shape index (κ3) is 3.41. The predicted octanol–water partition coefficient (Wildman–Crippen LogP) is 4.49. The Kier molecular flexibility index (Phi) is 4.96. The Morgan fingerprint density at radius 3 is 2.68 bits per heavy atom. The molecule has 2 aliphatic carbocycles. The number of thiophene rings is 1. The number of fused-ring (bicyclic) bond motifs is 3. The summed E-state index contributed by atoms with van der Waals surface area (Å²) < 4.78 is 0. The van der Waals surface area contributed by atoms with Crippen LogP contribution in [0.1, 0.15) is 55.9 Å². The summed E-state index contributed by atoms with van der Waals surface area (Å²) in [5, 5.41) is 5.11. The maximum absolute atomic E-state index is 4.65. The van der Waals surface area contributed by atoms with Crippen molar-refractivity contribution in [2.75, 3.05) is 19.4 Å². The Bertz CT molecular complexity index is 731. The van der Waals surface area contributed by atoms with E-state index in [1.807, 2.05) is 11.3 Å². The van der Waals surface area contributed by atoms with Crippen molar-refractivity contribution >= 4 is 27.4 Å². The second kappa shape index (κ2) is 7.20. The quantitative estimate of drug-likeness (QED) is 0.874. The molecule has 0 bridgehead atoms. The van der Waals surface area contributed by atoms with Crippen LogP contribution < -0.4 is 5.32 Å². The molecule has 1 atom stereocenters. The summed E-state index contributed by atoms with van der Waals surface area (Å²) in [7, 11) is 4.40. The van der Waals surface area contributed by atoms with Gasteiger partial charge < -0.3 is 10.2 Å². The van der Waals surface area contributed by atoms with E-state index in [4.69, 9.17) is 0 Å². The molecule has 0 aromatic carbocycles. The van der Waals surface area contributed by atoms with Crippen molar-refractivity contribution in [1.29, 1.82) is 0 Å². The van der Waals surface area contributed by atoms with Gasteiger partial charge in [0.15, 0.2) is 0 Å². The highest BCUT2D eigenvalue weighted by Crippen LogP contribution is 2.40. The van der Waals surface area contributed by atoms with Gasteiger partial charge in [-0.25, -0.2) is 9.97 Å². The summed E-state index contributed by atoms with van der Waals surface area (Å²) in [6.07, 6.45) is 11.8. The van der Waals surface area contributed by atoms with Crippen LogP contribution in [0.3, 0.4) is 0 Å². The van der Waals surface area contributed by atoms with E-state index in [1.165, 1.54) is 67.1 Å². The third-order valence-electron chi connectivity index (χ3n) is 6.29. The van der Waals surface area contributed by atoms with Gasteiger partial charge >= 0.3 is 0 Å². The van der Waals surface area contributed by atoms with E-state index in [1.54, 1.807) is 11.2 Å². The van der Waals surface area contributed by atoms with Crippen molar-refractivity contribution in [2.24, 2.45) is 5.92 Å². The van der Waals surface area contributed by atoms with Crippen LogP contribution in [0.4, 0.5) is 5.82 Å². The van der Waals surface area contributed by atoms with Crippen molar-refractivity contribution in [3.05, 3.63) is 16.8 Å². The van der Waals surface area contributed by atoms with Gasteiger partial charge in [-0.1, -0.05) is 13.3 Å². The molecule has 136 valence electrons. The number of rotatable bonds is 4. The fourth-order valence-corrected chi connectivity index (χ4v) is 5.87. The first-order valence-corrected chi connectivity index (χ1v) is 10.7. The molecule has 0 amide bonds. The lowest BCUT2D eigenvalue weighted by Crippen LogP contribution is -2.36. The molecule has 2 aromatic rings. The highest BCUT2D eigenvalue weighted by molar-refractivity contribution is 7.19. The van der Waals surface area contributed by atoms with Gasteiger partial charge in [-0.2, -0.15) is 0 Å². The number of hydrogen-bond acceptors (Lipinski definition) is 5. The van der Waals surface area contributed by atoms with E-state index in [0.717, 1.165) is 17.8 Å². The summed E-state index contributed by atoms with van der Waals surface area (Å²) in [6.45, 7) is 2.32. The maximum atomic E-state index is 4.65. The van der Waals surface area contributed by atoms with Gasteiger partial charge in [0.05, 0.1) is 5.39 Å². The first kappa shape index (κ1) is 17.2. The van der Waals surface area contributed by atoms with Crippen molar-refractivity contribution in [3.8, 4) is 0 Å². The van der Waals surface area contributed by atoms with E-state index in [2.05, 4.69) is 41.2 Å². The van der Waals surface area contributed by atoms with Gasteiger partial charge in [-0.05, 0) is 70.5 Å². The number of nitrogens with zero attached hydrogens (tertiary/aromatic N) is 3. The Morgan fingerprint density at radius 1 is 1.16 bits per heavy atom. The second-order valence-corrected chi connectivity index (χ2v) is 9.12.